The van der Waals surface area contributed by atoms with Crippen molar-refractivity contribution in [2.75, 3.05) is 6.54 Å². The van der Waals surface area contributed by atoms with E-state index in [0.29, 0.717) is 24.9 Å². The van der Waals surface area contributed by atoms with Crippen molar-refractivity contribution in [2.24, 2.45) is 0 Å². The average Bonchev–Trinajstić information content (AvgIpc) is 2.83. The number of aromatic nitrogens is 2. The Morgan fingerprint density at radius 1 is 1.19 bits per heavy atom. The summed E-state index contributed by atoms with van der Waals surface area (Å²) in [5.41, 5.74) is 0.798. The van der Waals surface area contributed by atoms with Gasteiger partial charge in [0.2, 0.25) is 11.8 Å². The molecule has 0 saturated carbocycles. The molecule has 5 nitrogen and oxygen atoms in total. The summed E-state index contributed by atoms with van der Waals surface area (Å²) in [6.07, 6.45) is -0.547. The van der Waals surface area contributed by atoms with Gasteiger partial charge in [-0.1, -0.05) is 30.3 Å². The van der Waals surface area contributed by atoms with Gasteiger partial charge in [0.25, 0.3) is 0 Å². The van der Waals surface area contributed by atoms with Gasteiger partial charge in [0.15, 0.2) is 0 Å². The lowest BCUT2D eigenvalue weighted by atomic mass is 10.0. The highest BCUT2D eigenvalue weighted by Crippen LogP contribution is 2.22. The van der Waals surface area contributed by atoms with Crippen molar-refractivity contribution in [3.8, 4) is 0 Å². The minimum atomic E-state index is -0.547. The van der Waals surface area contributed by atoms with Crippen molar-refractivity contribution in [1.29, 1.82) is 0 Å². The maximum atomic E-state index is 10.4. The number of aliphatic hydroxyl groups is 1. The van der Waals surface area contributed by atoms with Gasteiger partial charge in [0.1, 0.15) is 0 Å². The number of hydrogen-bond acceptors (Lipinski definition) is 5. The number of nitrogens with zero attached hydrogens (tertiary/aromatic N) is 3. The molecule has 0 bridgehead atoms. The van der Waals surface area contributed by atoms with E-state index >= 15 is 0 Å². The molecule has 0 fully saturated rings. The molecular formula is C16H23N3O2. The first kappa shape index (κ1) is 15.7. The van der Waals surface area contributed by atoms with Crippen LogP contribution >= 0.6 is 0 Å². The lowest BCUT2D eigenvalue weighted by Crippen LogP contribution is -2.43. The summed E-state index contributed by atoms with van der Waals surface area (Å²) in [5.74, 6) is 1.13. The zero-order valence-corrected chi connectivity index (χ0v) is 13.1. The number of β-amino-alcohol motifs (C(OH)–C–C–N with tert-alkyl or cyclic N) is 1. The van der Waals surface area contributed by atoms with Gasteiger partial charge >= 0.3 is 0 Å². The monoisotopic (exact) mass is 289 g/mol. The fraction of sp³-hybridized carbons (Fsp3) is 0.500. The van der Waals surface area contributed by atoms with E-state index in [-0.39, 0.29) is 5.54 Å². The van der Waals surface area contributed by atoms with Crippen molar-refractivity contribution in [3.63, 3.8) is 0 Å². The number of benzene rings is 1. The van der Waals surface area contributed by atoms with Crippen molar-refractivity contribution in [2.45, 2.75) is 45.9 Å². The van der Waals surface area contributed by atoms with Gasteiger partial charge in [0, 0.05) is 19.0 Å². The van der Waals surface area contributed by atoms with E-state index in [1.54, 1.807) is 6.92 Å². The third-order valence-corrected chi connectivity index (χ3v) is 3.42. The third-order valence-electron chi connectivity index (χ3n) is 3.42. The zero-order valence-electron chi connectivity index (χ0n) is 13.1. The number of aliphatic hydroxyl groups excluding tert-OH is 1. The molecule has 1 unspecified atom stereocenters. The normalized spacial score (nSPS) is 13.6. The fourth-order valence-electron chi connectivity index (χ4n) is 2.13. The summed E-state index contributed by atoms with van der Waals surface area (Å²) in [6, 6.07) is 9.67. The largest absolute Gasteiger partial charge is 0.424 e. The number of aryl methyl sites for hydroxylation is 1. The molecule has 0 aliphatic rings. The maximum Gasteiger partial charge on any atom is 0.230 e. The van der Waals surface area contributed by atoms with Crippen molar-refractivity contribution >= 4 is 0 Å². The quantitative estimate of drug-likeness (QED) is 0.917. The van der Waals surface area contributed by atoms with Crippen molar-refractivity contribution in [1.82, 2.24) is 15.1 Å². The maximum absolute atomic E-state index is 10.4. The Kier molecular flexibility index (Phi) is 4.75. The highest BCUT2D eigenvalue weighted by atomic mass is 16.4. The molecule has 0 aliphatic carbocycles. The Bertz CT molecular complexity index is 560. The first-order chi connectivity index (χ1) is 9.86. The summed E-state index contributed by atoms with van der Waals surface area (Å²) in [6.45, 7) is 9.12. The molecule has 2 rings (SSSR count). The number of rotatable bonds is 5. The molecule has 0 saturated heterocycles. The van der Waals surface area contributed by atoms with Crippen LogP contribution in [0.25, 0.3) is 0 Å². The smallest absolute Gasteiger partial charge is 0.230 e. The SMILES string of the molecule is Cc1nnc(CN(CC(O)c2ccccc2)C(C)(C)C)o1. The summed E-state index contributed by atoms with van der Waals surface area (Å²) < 4.78 is 5.45. The molecule has 1 atom stereocenters. The summed E-state index contributed by atoms with van der Waals surface area (Å²) in [7, 11) is 0. The van der Waals surface area contributed by atoms with Crippen LogP contribution in [0.2, 0.25) is 0 Å². The van der Waals surface area contributed by atoms with Crippen LogP contribution < -0.4 is 0 Å². The highest BCUT2D eigenvalue weighted by Gasteiger charge is 2.26. The lowest BCUT2D eigenvalue weighted by Gasteiger charge is -2.36. The predicted molar refractivity (Wildman–Crippen MR) is 80.6 cm³/mol. The second kappa shape index (κ2) is 6.37. The molecule has 114 valence electrons. The predicted octanol–water partition coefficient (Wildman–Crippen LogP) is 2.71. The van der Waals surface area contributed by atoms with E-state index in [1.807, 2.05) is 30.3 Å². The molecule has 2 aromatic rings. The summed E-state index contributed by atoms with van der Waals surface area (Å²) in [4.78, 5) is 2.14. The van der Waals surface area contributed by atoms with Crippen molar-refractivity contribution < 1.29 is 9.52 Å². The Hall–Kier alpha value is -1.72. The zero-order chi connectivity index (χ0) is 15.5. The lowest BCUT2D eigenvalue weighted by molar-refractivity contribution is 0.0460. The average molecular weight is 289 g/mol. The van der Waals surface area contributed by atoms with E-state index in [4.69, 9.17) is 4.42 Å². The minimum Gasteiger partial charge on any atom is -0.424 e. The standard InChI is InChI=1S/C16H23N3O2/c1-12-17-18-15(21-12)11-19(16(2,3)4)10-14(20)13-8-6-5-7-9-13/h5-9,14,20H,10-11H2,1-4H3. The molecule has 0 amide bonds. The van der Waals surface area contributed by atoms with Crippen LogP contribution in [-0.2, 0) is 6.54 Å². The van der Waals surface area contributed by atoms with Crippen LogP contribution in [0, 0.1) is 6.92 Å². The van der Waals surface area contributed by atoms with Gasteiger partial charge in [-0.2, -0.15) is 0 Å². The van der Waals surface area contributed by atoms with E-state index in [9.17, 15) is 5.11 Å². The van der Waals surface area contributed by atoms with Gasteiger partial charge in [-0.05, 0) is 26.3 Å². The Labute approximate surface area is 125 Å². The fourth-order valence-corrected chi connectivity index (χ4v) is 2.13. The van der Waals surface area contributed by atoms with Gasteiger partial charge in [0.05, 0.1) is 12.6 Å². The Morgan fingerprint density at radius 2 is 1.86 bits per heavy atom. The Balaban J connectivity index is 2.10. The molecule has 0 spiro atoms. The first-order valence-electron chi connectivity index (χ1n) is 7.13. The first-order valence-corrected chi connectivity index (χ1v) is 7.13. The van der Waals surface area contributed by atoms with Crippen LogP contribution in [0.1, 0.15) is 44.2 Å². The molecule has 1 N–H and O–H groups in total. The molecular weight excluding hydrogens is 266 g/mol. The van der Waals surface area contributed by atoms with Gasteiger partial charge in [-0.3, -0.25) is 4.90 Å². The third kappa shape index (κ3) is 4.37. The number of hydrogen-bond donors (Lipinski definition) is 1. The highest BCUT2D eigenvalue weighted by molar-refractivity contribution is 5.17. The molecule has 0 aliphatic heterocycles. The molecule has 1 heterocycles. The molecule has 0 radical (unpaired) electrons. The van der Waals surface area contributed by atoms with Gasteiger partial charge in [-0.25, -0.2) is 0 Å². The summed E-state index contributed by atoms with van der Waals surface area (Å²) >= 11 is 0. The Morgan fingerprint density at radius 3 is 2.38 bits per heavy atom. The minimum absolute atomic E-state index is 0.113. The summed E-state index contributed by atoms with van der Waals surface area (Å²) in [5, 5.41) is 18.3. The van der Waals surface area contributed by atoms with Crippen LogP contribution in [0.5, 0.6) is 0 Å². The second-order valence-corrected chi connectivity index (χ2v) is 6.19. The van der Waals surface area contributed by atoms with Crippen molar-refractivity contribution in [3.05, 3.63) is 47.7 Å². The van der Waals surface area contributed by atoms with E-state index in [1.165, 1.54) is 0 Å². The molecule has 5 heteroatoms. The van der Waals surface area contributed by atoms with Crippen LogP contribution in [0.15, 0.2) is 34.7 Å². The van der Waals surface area contributed by atoms with E-state index in [0.717, 1.165) is 5.56 Å². The topological polar surface area (TPSA) is 62.4 Å². The van der Waals surface area contributed by atoms with Crippen LogP contribution in [-0.4, -0.2) is 32.3 Å². The molecule has 1 aromatic heterocycles. The van der Waals surface area contributed by atoms with Crippen LogP contribution in [0.4, 0.5) is 0 Å². The van der Waals surface area contributed by atoms with Gasteiger partial charge in [-0.15, -0.1) is 10.2 Å². The van der Waals surface area contributed by atoms with E-state index < -0.39 is 6.10 Å². The van der Waals surface area contributed by atoms with Crippen LogP contribution in [0.3, 0.4) is 0 Å². The second-order valence-electron chi connectivity index (χ2n) is 6.19. The molecule has 21 heavy (non-hydrogen) atoms. The van der Waals surface area contributed by atoms with Gasteiger partial charge < -0.3 is 9.52 Å². The van der Waals surface area contributed by atoms with E-state index in [2.05, 4.69) is 35.9 Å². The molecule has 1 aromatic carbocycles.